The Bertz CT molecular complexity index is 1040. The second-order valence-electron chi connectivity index (χ2n) is 7.55. The van der Waals surface area contributed by atoms with E-state index in [4.69, 9.17) is 23.2 Å². The first kappa shape index (κ1) is 19.6. The Balaban J connectivity index is 2.00. The molecule has 27 heavy (non-hydrogen) atoms. The van der Waals surface area contributed by atoms with Gasteiger partial charge in [0.2, 0.25) is 11.9 Å². The molecule has 3 heterocycles. The monoisotopic (exact) mass is 405 g/mol. The number of fused-ring (bicyclic) bond motifs is 1. The number of aromatic nitrogens is 4. The van der Waals surface area contributed by atoms with Crippen LogP contribution in [-0.4, -0.2) is 25.4 Å². The van der Waals surface area contributed by atoms with E-state index in [0.717, 1.165) is 16.8 Å². The molecule has 3 rings (SSSR count). The number of carbonyl (C=O) groups is 1. The largest absolute Gasteiger partial charge is 0.326 e. The van der Waals surface area contributed by atoms with Gasteiger partial charge in [-0.1, -0.05) is 44.0 Å². The van der Waals surface area contributed by atoms with Crippen molar-refractivity contribution in [3.63, 3.8) is 0 Å². The Kier molecular flexibility index (Phi) is 5.14. The fourth-order valence-electron chi connectivity index (χ4n) is 2.57. The van der Waals surface area contributed by atoms with Gasteiger partial charge in [0, 0.05) is 22.8 Å². The molecule has 0 aliphatic rings. The molecule has 142 valence electrons. The van der Waals surface area contributed by atoms with Crippen LogP contribution in [0.1, 0.15) is 37.6 Å². The number of hydrogen-bond donors (Lipinski definition) is 1. The zero-order valence-electron chi connectivity index (χ0n) is 15.9. The molecule has 3 aromatic rings. The summed E-state index contributed by atoms with van der Waals surface area (Å²) >= 11 is 12.6. The third kappa shape index (κ3) is 3.92. The van der Waals surface area contributed by atoms with E-state index in [-0.39, 0.29) is 17.0 Å². The zero-order chi connectivity index (χ0) is 19.9. The summed E-state index contributed by atoms with van der Waals surface area (Å²) in [7, 11) is 0. The third-order valence-corrected chi connectivity index (χ3v) is 5.19. The molecule has 0 saturated carbocycles. The average molecular weight is 406 g/mol. The molecule has 0 aliphatic heterocycles. The molecular formula is C19H21Cl2N5O. The van der Waals surface area contributed by atoms with Gasteiger partial charge in [0.05, 0.1) is 17.6 Å². The molecule has 0 radical (unpaired) electrons. The van der Waals surface area contributed by atoms with Crippen molar-refractivity contribution in [1.82, 2.24) is 19.5 Å². The summed E-state index contributed by atoms with van der Waals surface area (Å²) in [6, 6.07) is 1.85. The fourth-order valence-corrected chi connectivity index (χ4v) is 2.96. The van der Waals surface area contributed by atoms with Gasteiger partial charge in [-0.25, -0.2) is 0 Å². The summed E-state index contributed by atoms with van der Waals surface area (Å²) in [4.78, 5) is 25.4. The number of carbonyl (C=O) groups excluding carboxylic acids is 1. The first-order valence-corrected chi connectivity index (χ1v) is 9.28. The quantitative estimate of drug-likeness (QED) is 0.636. The van der Waals surface area contributed by atoms with Crippen LogP contribution >= 0.6 is 23.2 Å². The minimum atomic E-state index is -0.563. The van der Waals surface area contributed by atoms with Gasteiger partial charge in [-0.2, -0.15) is 9.97 Å². The van der Waals surface area contributed by atoms with Gasteiger partial charge in [-0.15, -0.1) is 0 Å². The Hall–Kier alpha value is -2.18. The Morgan fingerprint density at radius 3 is 2.59 bits per heavy atom. The Labute approximate surface area is 167 Å². The van der Waals surface area contributed by atoms with Crippen molar-refractivity contribution in [3.05, 3.63) is 45.5 Å². The highest BCUT2D eigenvalue weighted by molar-refractivity contribution is 6.34. The molecule has 0 atom stereocenters. The Morgan fingerprint density at radius 1 is 1.22 bits per heavy atom. The van der Waals surface area contributed by atoms with Crippen LogP contribution in [0.4, 0.5) is 5.95 Å². The number of hydrogen-bond acceptors (Lipinski definition) is 4. The Morgan fingerprint density at radius 2 is 1.93 bits per heavy atom. The van der Waals surface area contributed by atoms with Crippen LogP contribution < -0.4 is 5.32 Å². The summed E-state index contributed by atoms with van der Waals surface area (Å²) in [6.07, 6.45) is 3.63. The van der Waals surface area contributed by atoms with Crippen molar-refractivity contribution in [2.75, 3.05) is 5.32 Å². The zero-order valence-corrected chi connectivity index (χ0v) is 17.4. The summed E-state index contributed by atoms with van der Waals surface area (Å²) in [6.45, 7) is 9.81. The van der Waals surface area contributed by atoms with E-state index in [2.05, 4.69) is 20.3 Å². The molecule has 0 bridgehead atoms. The van der Waals surface area contributed by atoms with E-state index in [1.165, 1.54) is 0 Å². The predicted octanol–water partition coefficient (Wildman–Crippen LogP) is 4.78. The molecule has 0 spiro atoms. The molecule has 0 aromatic carbocycles. The number of aryl methyl sites for hydroxylation is 1. The van der Waals surface area contributed by atoms with Crippen molar-refractivity contribution in [3.8, 4) is 0 Å². The number of amides is 1. The lowest BCUT2D eigenvalue weighted by Crippen LogP contribution is -2.28. The lowest BCUT2D eigenvalue weighted by Gasteiger charge is -2.17. The van der Waals surface area contributed by atoms with E-state index >= 15 is 0 Å². The predicted molar refractivity (Wildman–Crippen MR) is 108 cm³/mol. The van der Waals surface area contributed by atoms with Crippen molar-refractivity contribution < 1.29 is 4.79 Å². The SMILES string of the molecule is Cc1cnc(Cn2ccc3c(Cl)nc(NC(=O)C(C)(C)C)nc32)c(C)c1Cl. The first-order valence-electron chi connectivity index (χ1n) is 8.52. The lowest BCUT2D eigenvalue weighted by atomic mass is 9.96. The van der Waals surface area contributed by atoms with Crippen LogP contribution in [0.25, 0.3) is 11.0 Å². The summed E-state index contributed by atoms with van der Waals surface area (Å²) in [5.74, 6) is -0.00200. The number of nitrogens with zero attached hydrogens (tertiary/aromatic N) is 4. The molecule has 1 N–H and O–H groups in total. The van der Waals surface area contributed by atoms with E-state index < -0.39 is 5.41 Å². The van der Waals surface area contributed by atoms with E-state index in [1.54, 1.807) is 6.20 Å². The molecule has 0 fully saturated rings. The van der Waals surface area contributed by atoms with Crippen molar-refractivity contribution in [1.29, 1.82) is 0 Å². The lowest BCUT2D eigenvalue weighted by molar-refractivity contribution is -0.123. The van der Waals surface area contributed by atoms with Crippen LogP contribution in [0.15, 0.2) is 18.5 Å². The summed E-state index contributed by atoms with van der Waals surface area (Å²) < 4.78 is 1.91. The van der Waals surface area contributed by atoms with E-state index in [0.29, 0.717) is 22.6 Å². The molecule has 6 nitrogen and oxygen atoms in total. The smallest absolute Gasteiger partial charge is 0.232 e. The van der Waals surface area contributed by atoms with Gasteiger partial charge in [0.15, 0.2) is 0 Å². The van der Waals surface area contributed by atoms with Gasteiger partial charge in [0.1, 0.15) is 10.8 Å². The molecule has 0 aliphatic carbocycles. The number of nitrogens with one attached hydrogen (secondary N) is 1. The van der Waals surface area contributed by atoms with Crippen LogP contribution in [0, 0.1) is 19.3 Å². The van der Waals surface area contributed by atoms with Crippen molar-refractivity contribution >= 4 is 46.1 Å². The second kappa shape index (κ2) is 7.09. The molecule has 3 aromatic heterocycles. The number of pyridine rings is 1. The van der Waals surface area contributed by atoms with Gasteiger partial charge in [0.25, 0.3) is 0 Å². The normalized spacial score (nSPS) is 11.8. The number of anilines is 1. The standard InChI is InChI=1S/C19H21Cl2N5O/c1-10-8-22-13(11(2)14(10)20)9-26-7-6-12-15(21)23-18(24-16(12)26)25-17(27)19(3,4)5/h6-8H,9H2,1-5H3,(H,23,24,25,27). The second-order valence-corrected chi connectivity index (χ2v) is 8.29. The molecule has 0 saturated heterocycles. The fraction of sp³-hybridized carbons (Fsp3) is 0.368. The van der Waals surface area contributed by atoms with E-state index in [1.807, 2.05) is 51.4 Å². The van der Waals surface area contributed by atoms with Crippen LogP contribution in [0.2, 0.25) is 10.2 Å². The molecule has 8 heteroatoms. The van der Waals surface area contributed by atoms with Gasteiger partial charge >= 0.3 is 0 Å². The maximum atomic E-state index is 12.2. The van der Waals surface area contributed by atoms with Gasteiger partial charge in [-0.3, -0.25) is 15.1 Å². The maximum Gasteiger partial charge on any atom is 0.232 e. The summed E-state index contributed by atoms with van der Waals surface area (Å²) in [5.41, 5.74) is 2.77. The van der Waals surface area contributed by atoms with Gasteiger partial charge in [-0.05, 0) is 31.0 Å². The number of rotatable bonds is 3. The van der Waals surface area contributed by atoms with Crippen LogP contribution in [0.3, 0.4) is 0 Å². The van der Waals surface area contributed by atoms with Crippen LogP contribution in [-0.2, 0) is 11.3 Å². The van der Waals surface area contributed by atoms with Crippen molar-refractivity contribution in [2.45, 2.75) is 41.2 Å². The highest BCUT2D eigenvalue weighted by Gasteiger charge is 2.23. The maximum absolute atomic E-state index is 12.2. The number of halogens is 2. The summed E-state index contributed by atoms with van der Waals surface area (Å²) in [5, 5.41) is 4.43. The average Bonchev–Trinajstić information content (AvgIpc) is 2.98. The molecular weight excluding hydrogens is 385 g/mol. The van der Waals surface area contributed by atoms with Gasteiger partial charge < -0.3 is 4.57 Å². The van der Waals surface area contributed by atoms with E-state index in [9.17, 15) is 4.79 Å². The molecule has 0 unspecified atom stereocenters. The minimum Gasteiger partial charge on any atom is -0.326 e. The third-order valence-electron chi connectivity index (χ3n) is 4.32. The topological polar surface area (TPSA) is 72.7 Å². The van der Waals surface area contributed by atoms with Crippen LogP contribution in [0.5, 0.6) is 0 Å². The molecule has 1 amide bonds. The first-order chi connectivity index (χ1) is 12.6. The highest BCUT2D eigenvalue weighted by Crippen LogP contribution is 2.26. The minimum absolute atomic E-state index is 0.180. The highest BCUT2D eigenvalue weighted by atomic mass is 35.5. The van der Waals surface area contributed by atoms with Crippen molar-refractivity contribution in [2.24, 2.45) is 5.41 Å².